The molecule has 2 aromatic rings. The van der Waals surface area contributed by atoms with Crippen molar-refractivity contribution in [2.24, 2.45) is 0 Å². The number of ether oxygens (including phenoxy) is 1. The van der Waals surface area contributed by atoms with Crippen LogP contribution in [0.5, 0.6) is 0 Å². The highest BCUT2D eigenvalue weighted by Crippen LogP contribution is 2.31. The summed E-state index contributed by atoms with van der Waals surface area (Å²) in [5.41, 5.74) is 2.12. The van der Waals surface area contributed by atoms with E-state index in [-0.39, 0.29) is 24.1 Å². The van der Waals surface area contributed by atoms with Gasteiger partial charge in [0.2, 0.25) is 5.95 Å². The van der Waals surface area contributed by atoms with Gasteiger partial charge in [0.05, 0.1) is 6.10 Å². The lowest BCUT2D eigenvalue weighted by molar-refractivity contribution is 0.0270. The molecule has 1 aliphatic carbocycles. The lowest BCUT2D eigenvalue weighted by atomic mass is 9.92. The van der Waals surface area contributed by atoms with Crippen molar-refractivity contribution in [1.29, 1.82) is 0 Å². The predicted molar refractivity (Wildman–Crippen MR) is 134 cm³/mol. The van der Waals surface area contributed by atoms with Gasteiger partial charge >= 0.3 is 6.09 Å². The van der Waals surface area contributed by atoms with Crippen LogP contribution < -0.4 is 10.6 Å². The number of halogens is 1. The third kappa shape index (κ3) is 6.91. The van der Waals surface area contributed by atoms with Gasteiger partial charge in [0.1, 0.15) is 17.2 Å². The Morgan fingerprint density at radius 2 is 1.89 bits per heavy atom. The molecule has 1 saturated carbocycles. The van der Waals surface area contributed by atoms with E-state index < -0.39 is 5.60 Å². The molecule has 2 aliphatic rings. The van der Waals surface area contributed by atoms with Gasteiger partial charge in [0, 0.05) is 36.6 Å². The molecular weight excluding hydrogens is 449 g/mol. The lowest BCUT2D eigenvalue weighted by Crippen LogP contribution is -2.39. The maximum atomic E-state index is 13.3. The summed E-state index contributed by atoms with van der Waals surface area (Å²) in [4.78, 5) is 23.4. The van der Waals surface area contributed by atoms with Crippen LogP contribution in [-0.2, 0) is 4.74 Å². The molecule has 1 aromatic carbocycles. The Hall–Kier alpha value is -3.20. The average molecular weight is 484 g/mol. The summed E-state index contributed by atoms with van der Waals surface area (Å²) < 4.78 is 18.8. The standard InChI is InChI=1S/C26H34FN5O3/c1-26(2,3)35-25(34)32-14-12-17(13-15-32)22-16-28-24(30-20-6-4-18(27)5-7-20)31-23(22)29-19-8-10-21(33)11-9-19/h4-7,12,16,19,21,33H,8-11,13-15H2,1-3H3,(H2,28,29,30,31). The number of nitrogens with zero attached hydrogens (tertiary/aromatic N) is 3. The zero-order valence-corrected chi connectivity index (χ0v) is 20.6. The van der Waals surface area contributed by atoms with Gasteiger partial charge in [-0.2, -0.15) is 4.98 Å². The van der Waals surface area contributed by atoms with Crippen LogP contribution in [-0.4, -0.2) is 56.9 Å². The third-order valence-corrected chi connectivity index (χ3v) is 6.13. The zero-order valence-electron chi connectivity index (χ0n) is 20.6. The van der Waals surface area contributed by atoms with Crippen LogP contribution in [0.3, 0.4) is 0 Å². The molecule has 8 nitrogen and oxygen atoms in total. The van der Waals surface area contributed by atoms with Crippen LogP contribution in [0.25, 0.3) is 5.57 Å². The molecule has 0 atom stereocenters. The number of amides is 1. The number of anilines is 3. The van der Waals surface area contributed by atoms with Crippen molar-refractivity contribution in [3.63, 3.8) is 0 Å². The average Bonchev–Trinajstić information content (AvgIpc) is 2.81. The van der Waals surface area contributed by atoms with Crippen LogP contribution in [0.15, 0.2) is 36.5 Å². The van der Waals surface area contributed by atoms with Crippen LogP contribution in [0, 0.1) is 5.82 Å². The van der Waals surface area contributed by atoms with E-state index >= 15 is 0 Å². The molecule has 0 spiro atoms. The molecule has 1 fully saturated rings. The fourth-order valence-electron chi connectivity index (χ4n) is 4.27. The summed E-state index contributed by atoms with van der Waals surface area (Å²) in [6.45, 7) is 6.58. The van der Waals surface area contributed by atoms with Gasteiger partial charge in [-0.05, 0) is 82.7 Å². The monoisotopic (exact) mass is 483 g/mol. The number of nitrogens with one attached hydrogen (secondary N) is 2. The van der Waals surface area contributed by atoms with Crippen molar-refractivity contribution < 1.29 is 19.0 Å². The van der Waals surface area contributed by atoms with Gasteiger partial charge in [-0.3, -0.25) is 0 Å². The van der Waals surface area contributed by atoms with Gasteiger partial charge in [-0.25, -0.2) is 14.2 Å². The van der Waals surface area contributed by atoms with Gasteiger partial charge in [-0.15, -0.1) is 0 Å². The lowest BCUT2D eigenvalue weighted by Gasteiger charge is -2.31. The minimum absolute atomic E-state index is 0.202. The molecule has 1 aliphatic heterocycles. The summed E-state index contributed by atoms with van der Waals surface area (Å²) in [5.74, 6) is 0.812. The number of hydrogen-bond donors (Lipinski definition) is 3. The second-order valence-electron chi connectivity index (χ2n) is 10.1. The first-order valence-electron chi connectivity index (χ1n) is 12.2. The number of carbonyl (C=O) groups is 1. The number of benzene rings is 1. The fraction of sp³-hybridized carbons (Fsp3) is 0.500. The Morgan fingerprint density at radius 1 is 1.17 bits per heavy atom. The first kappa shape index (κ1) is 24.9. The molecule has 0 unspecified atom stereocenters. The predicted octanol–water partition coefficient (Wildman–Crippen LogP) is 5.10. The number of hydrogen-bond acceptors (Lipinski definition) is 7. The number of aliphatic hydroxyl groups excluding tert-OH is 1. The molecule has 1 amide bonds. The van der Waals surface area contributed by atoms with Crippen molar-refractivity contribution in [1.82, 2.24) is 14.9 Å². The van der Waals surface area contributed by atoms with Gasteiger partial charge in [0.25, 0.3) is 0 Å². The van der Waals surface area contributed by atoms with E-state index in [4.69, 9.17) is 9.72 Å². The largest absolute Gasteiger partial charge is 0.444 e. The first-order valence-corrected chi connectivity index (χ1v) is 12.2. The Kier molecular flexibility index (Phi) is 7.54. The molecule has 4 rings (SSSR count). The molecule has 2 heterocycles. The summed E-state index contributed by atoms with van der Waals surface area (Å²) >= 11 is 0. The zero-order chi connectivity index (χ0) is 25.0. The van der Waals surface area contributed by atoms with E-state index in [1.54, 1.807) is 23.2 Å². The number of aromatic nitrogens is 2. The highest BCUT2D eigenvalue weighted by atomic mass is 19.1. The van der Waals surface area contributed by atoms with Crippen molar-refractivity contribution >= 4 is 29.1 Å². The maximum Gasteiger partial charge on any atom is 0.410 e. The van der Waals surface area contributed by atoms with Crippen molar-refractivity contribution in [3.8, 4) is 0 Å². The molecule has 1 aromatic heterocycles. The Balaban J connectivity index is 1.54. The molecule has 188 valence electrons. The summed E-state index contributed by atoms with van der Waals surface area (Å²) in [5, 5.41) is 16.6. The van der Waals surface area contributed by atoms with Gasteiger partial charge in [0.15, 0.2) is 0 Å². The SMILES string of the molecule is CC(C)(C)OC(=O)N1CC=C(c2cnc(Nc3ccc(F)cc3)nc2NC2CCC(O)CC2)CC1. The van der Waals surface area contributed by atoms with Crippen LogP contribution in [0.4, 0.5) is 26.6 Å². The quantitative estimate of drug-likeness (QED) is 0.544. The molecule has 3 N–H and O–H groups in total. The third-order valence-electron chi connectivity index (χ3n) is 6.13. The molecular formula is C26H34FN5O3. The Bertz CT molecular complexity index is 1060. The minimum atomic E-state index is -0.535. The summed E-state index contributed by atoms with van der Waals surface area (Å²) in [6, 6.07) is 6.24. The van der Waals surface area contributed by atoms with E-state index in [2.05, 4.69) is 15.6 Å². The van der Waals surface area contributed by atoms with E-state index in [0.29, 0.717) is 37.0 Å². The van der Waals surface area contributed by atoms with Crippen LogP contribution in [0.1, 0.15) is 58.4 Å². The molecule has 9 heteroatoms. The summed E-state index contributed by atoms with van der Waals surface area (Å²) in [7, 11) is 0. The molecule has 0 radical (unpaired) electrons. The number of aliphatic hydroxyl groups is 1. The number of carbonyl (C=O) groups excluding carboxylic acids is 1. The normalized spacial score (nSPS) is 20.7. The van der Waals surface area contributed by atoms with Crippen LogP contribution >= 0.6 is 0 Å². The van der Waals surface area contributed by atoms with E-state index in [9.17, 15) is 14.3 Å². The first-order chi connectivity index (χ1) is 16.7. The van der Waals surface area contributed by atoms with Gasteiger partial charge in [-0.1, -0.05) is 6.08 Å². The Labute approximate surface area is 205 Å². The topological polar surface area (TPSA) is 99.6 Å². The second kappa shape index (κ2) is 10.6. The van der Waals surface area contributed by atoms with E-state index in [1.165, 1.54) is 12.1 Å². The van der Waals surface area contributed by atoms with Crippen molar-refractivity contribution in [2.45, 2.75) is 70.6 Å². The fourth-order valence-corrected chi connectivity index (χ4v) is 4.27. The molecule has 0 bridgehead atoms. The number of rotatable bonds is 5. The Morgan fingerprint density at radius 3 is 2.51 bits per heavy atom. The van der Waals surface area contributed by atoms with Crippen molar-refractivity contribution in [2.75, 3.05) is 23.7 Å². The van der Waals surface area contributed by atoms with Crippen LogP contribution in [0.2, 0.25) is 0 Å². The smallest absolute Gasteiger partial charge is 0.410 e. The maximum absolute atomic E-state index is 13.3. The molecule has 0 saturated heterocycles. The van der Waals surface area contributed by atoms with Gasteiger partial charge < -0.3 is 25.4 Å². The molecule has 35 heavy (non-hydrogen) atoms. The highest BCUT2D eigenvalue weighted by Gasteiger charge is 2.26. The van der Waals surface area contributed by atoms with Crippen molar-refractivity contribution in [3.05, 3.63) is 47.9 Å². The van der Waals surface area contributed by atoms with E-state index in [1.807, 2.05) is 26.8 Å². The second-order valence-corrected chi connectivity index (χ2v) is 10.1. The highest BCUT2D eigenvalue weighted by molar-refractivity contribution is 5.77. The summed E-state index contributed by atoms with van der Waals surface area (Å²) in [6.07, 6.45) is 7.14. The minimum Gasteiger partial charge on any atom is -0.444 e. The van der Waals surface area contributed by atoms with E-state index in [0.717, 1.165) is 36.8 Å².